The van der Waals surface area contributed by atoms with Crippen molar-refractivity contribution in [3.8, 4) is 29.4 Å². The number of benzene rings is 2. The van der Waals surface area contributed by atoms with Gasteiger partial charge in [-0.1, -0.05) is 6.07 Å². The highest BCUT2D eigenvalue weighted by molar-refractivity contribution is 5.92. The van der Waals surface area contributed by atoms with Crippen LogP contribution in [-0.2, 0) is 6.61 Å². The maximum absolute atomic E-state index is 14.1. The first kappa shape index (κ1) is 18.0. The number of hydrogen-bond donors (Lipinski definition) is 0. The fourth-order valence-electron chi connectivity index (χ4n) is 2.61. The monoisotopic (exact) mass is 363 g/mol. The van der Waals surface area contributed by atoms with Gasteiger partial charge >= 0.3 is 0 Å². The minimum Gasteiger partial charge on any atom is -0.497 e. The summed E-state index contributed by atoms with van der Waals surface area (Å²) in [6.45, 7) is -0.120. The quantitative estimate of drug-likeness (QED) is 0.686. The van der Waals surface area contributed by atoms with Gasteiger partial charge in [0.05, 0.1) is 31.2 Å². The van der Waals surface area contributed by atoms with Crippen molar-refractivity contribution < 1.29 is 18.6 Å². The zero-order chi connectivity index (χ0) is 19.4. The van der Waals surface area contributed by atoms with Gasteiger partial charge in [-0.2, -0.15) is 10.5 Å². The molecule has 0 aliphatic heterocycles. The summed E-state index contributed by atoms with van der Waals surface area (Å²) < 4.78 is 30.5. The van der Waals surface area contributed by atoms with E-state index < -0.39 is 5.82 Å². The molecule has 0 atom stereocenters. The highest BCUT2D eigenvalue weighted by atomic mass is 19.1. The molecule has 1 aromatic heterocycles. The Balaban J connectivity index is 2.07. The molecular weight excluding hydrogens is 349 g/mol. The summed E-state index contributed by atoms with van der Waals surface area (Å²) in [5.41, 5.74) is 1.18. The Morgan fingerprint density at radius 1 is 1.07 bits per heavy atom. The Morgan fingerprint density at radius 3 is 2.52 bits per heavy atom. The number of methoxy groups -OCH3 is 2. The number of nitriles is 2. The van der Waals surface area contributed by atoms with Crippen LogP contribution in [0, 0.1) is 28.5 Å². The van der Waals surface area contributed by atoms with Gasteiger partial charge in [0.25, 0.3) is 0 Å². The molecule has 7 heteroatoms. The molecule has 0 radical (unpaired) electrons. The van der Waals surface area contributed by atoms with Gasteiger partial charge in [-0.3, -0.25) is 4.98 Å². The van der Waals surface area contributed by atoms with Crippen LogP contribution in [0.15, 0.2) is 36.5 Å². The van der Waals surface area contributed by atoms with Gasteiger partial charge in [-0.25, -0.2) is 4.39 Å². The van der Waals surface area contributed by atoms with E-state index in [1.54, 1.807) is 12.1 Å². The maximum Gasteiger partial charge on any atom is 0.148 e. The number of ether oxygens (including phenoxy) is 3. The molecular formula is C20H14FN3O3. The Labute approximate surface area is 155 Å². The van der Waals surface area contributed by atoms with Gasteiger partial charge in [0.15, 0.2) is 0 Å². The lowest BCUT2D eigenvalue weighted by Gasteiger charge is -2.14. The molecule has 0 spiro atoms. The highest BCUT2D eigenvalue weighted by Crippen LogP contribution is 2.37. The molecule has 2 aromatic carbocycles. The van der Waals surface area contributed by atoms with Crippen LogP contribution in [0.4, 0.5) is 4.39 Å². The van der Waals surface area contributed by atoms with Crippen molar-refractivity contribution in [1.29, 1.82) is 10.5 Å². The van der Waals surface area contributed by atoms with E-state index in [-0.39, 0.29) is 29.0 Å². The van der Waals surface area contributed by atoms with E-state index in [9.17, 15) is 9.65 Å². The van der Waals surface area contributed by atoms with E-state index >= 15 is 0 Å². The number of rotatable bonds is 5. The van der Waals surface area contributed by atoms with Crippen LogP contribution in [0.3, 0.4) is 0 Å². The van der Waals surface area contributed by atoms with Crippen molar-refractivity contribution in [2.75, 3.05) is 14.2 Å². The normalized spacial score (nSPS) is 10.1. The van der Waals surface area contributed by atoms with E-state index in [2.05, 4.69) is 4.98 Å². The minimum atomic E-state index is -0.555. The number of pyridine rings is 1. The highest BCUT2D eigenvalue weighted by Gasteiger charge is 2.16. The average Bonchev–Trinajstić information content (AvgIpc) is 2.71. The van der Waals surface area contributed by atoms with E-state index in [1.165, 1.54) is 32.5 Å². The Morgan fingerprint density at radius 2 is 1.89 bits per heavy atom. The number of hydrogen-bond acceptors (Lipinski definition) is 6. The summed E-state index contributed by atoms with van der Waals surface area (Å²) >= 11 is 0. The third kappa shape index (κ3) is 3.44. The van der Waals surface area contributed by atoms with Gasteiger partial charge in [0.2, 0.25) is 0 Å². The zero-order valence-electron chi connectivity index (χ0n) is 14.6. The number of halogens is 1. The largest absolute Gasteiger partial charge is 0.497 e. The third-order valence-electron chi connectivity index (χ3n) is 3.99. The molecule has 0 bridgehead atoms. The Hall–Kier alpha value is -3.84. The van der Waals surface area contributed by atoms with Crippen LogP contribution in [-0.4, -0.2) is 19.2 Å². The first-order valence-electron chi connectivity index (χ1n) is 7.87. The molecule has 3 rings (SSSR count). The summed E-state index contributed by atoms with van der Waals surface area (Å²) in [5.74, 6) is 0.665. The fourth-order valence-corrected chi connectivity index (χ4v) is 2.61. The van der Waals surface area contributed by atoms with Crippen LogP contribution in [0.25, 0.3) is 10.9 Å². The second kappa shape index (κ2) is 7.59. The summed E-state index contributed by atoms with van der Waals surface area (Å²) in [4.78, 5) is 4.26. The van der Waals surface area contributed by atoms with Gasteiger partial charge in [0.1, 0.15) is 46.8 Å². The second-order valence-corrected chi connectivity index (χ2v) is 5.55. The topological polar surface area (TPSA) is 88.2 Å². The predicted octanol–water partition coefficient (Wildman–Crippen LogP) is 3.71. The van der Waals surface area contributed by atoms with E-state index in [4.69, 9.17) is 19.5 Å². The van der Waals surface area contributed by atoms with Crippen molar-refractivity contribution in [3.05, 3.63) is 59.0 Å². The Kier molecular flexibility index (Phi) is 5.05. The lowest BCUT2D eigenvalue weighted by atomic mass is 10.1. The molecule has 0 saturated heterocycles. The lowest BCUT2D eigenvalue weighted by molar-refractivity contribution is 0.302. The van der Waals surface area contributed by atoms with E-state index in [1.807, 2.05) is 12.1 Å². The molecule has 1 heterocycles. The van der Waals surface area contributed by atoms with Crippen molar-refractivity contribution in [2.45, 2.75) is 6.61 Å². The van der Waals surface area contributed by atoms with Crippen molar-refractivity contribution in [2.24, 2.45) is 0 Å². The SMILES string of the molecule is COc1cc(OC)c2ncc(C#N)c(OCc3ccc(C#N)cc3F)c2c1. The molecule has 3 aromatic rings. The first-order chi connectivity index (χ1) is 13.1. The first-order valence-corrected chi connectivity index (χ1v) is 7.87. The van der Waals surface area contributed by atoms with Crippen molar-refractivity contribution >= 4 is 10.9 Å². The second-order valence-electron chi connectivity index (χ2n) is 5.55. The van der Waals surface area contributed by atoms with E-state index in [0.717, 1.165) is 6.07 Å². The lowest BCUT2D eigenvalue weighted by Crippen LogP contribution is -2.02. The molecule has 0 amide bonds. The predicted molar refractivity (Wildman–Crippen MR) is 95.0 cm³/mol. The molecule has 0 N–H and O–H groups in total. The zero-order valence-corrected chi connectivity index (χ0v) is 14.6. The van der Waals surface area contributed by atoms with Crippen molar-refractivity contribution in [1.82, 2.24) is 4.98 Å². The number of aromatic nitrogens is 1. The van der Waals surface area contributed by atoms with Gasteiger partial charge in [-0.15, -0.1) is 0 Å². The summed E-state index contributed by atoms with van der Waals surface area (Å²) in [7, 11) is 3.01. The van der Waals surface area contributed by atoms with Crippen LogP contribution < -0.4 is 14.2 Å². The van der Waals surface area contributed by atoms with Gasteiger partial charge < -0.3 is 14.2 Å². The maximum atomic E-state index is 14.1. The van der Waals surface area contributed by atoms with Gasteiger partial charge in [-0.05, 0) is 18.2 Å². The molecule has 6 nitrogen and oxygen atoms in total. The van der Waals surface area contributed by atoms with Crippen LogP contribution in [0.5, 0.6) is 17.2 Å². The van der Waals surface area contributed by atoms with Crippen LogP contribution in [0.1, 0.15) is 16.7 Å². The third-order valence-corrected chi connectivity index (χ3v) is 3.99. The fraction of sp³-hybridized carbons (Fsp3) is 0.150. The number of nitrogens with zero attached hydrogens (tertiary/aromatic N) is 3. The molecule has 0 fully saturated rings. The molecule has 0 saturated carbocycles. The molecule has 0 unspecified atom stereocenters. The molecule has 0 aliphatic carbocycles. The Bertz CT molecular complexity index is 1100. The summed E-state index contributed by atoms with van der Waals surface area (Å²) in [6.07, 6.45) is 1.38. The minimum absolute atomic E-state index is 0.120. The van der Waals surface area contributed by atoms with Gasteiger partial charge in [0, 0.05) is 17.8 Å². The van der Waals surface area contributed by atoms with Crippen LogP contribution >= 0.6 is 0 Å². The smallest absolute Gasteiger partial charge is 0.148 e. The van der Waals surface area contributed by atoms with E-state index in [0.29, 0.717) is 22.4 Å². The van der Waals surface area contributed by atoms with Crippen LogP contribution in [0.2, 0.25) is 0 Å². The van der Waals surface area contributed by atoms with Crippen molar-refractivity contribution in [3.63, 3.8) is 0 Å². The number of fused-ring (bicyclic) bond motifs is 1. The molecule has 0 aliphatic rings. The molecule has 27 heavy (non-hydrogen) atoms. The summed E-state index contributed by atoms with van der Waals surface area (Å²) in [5, 5.41) is 18.8. The summed E-state index contributed by atoms with van der Waals surface area (Å²) in [6, 6.07) is 11.4. The average molecular weight is 363 g/mol. The molecule has 134 valence electrons. The standard InChI is InChI=1S/C20H14FN3O3/c1-25-15-6-16-19(18(7-15)26-2)24-10-14(9-23)20(16)27-11-13-4-3-12(8-22)5-17(13)21/h3-7,10H,11H2,1-2H3.